The lowest BCUT2D eigenvalue weighted by molar-refractivity contribution is 0.165. The van der Waals surface area contributed by atoms with Crippen molar-refractivity contribution in [1.82, 2.24) is 10.2 Å². The minimum absolute atomic E-state index is 0.161. The van der Waals surface area contributed by atoms with Crippen LogP contribution in [0.3, 0.4) is 0 Å². The van der Waals surface area contributed by atoms with E-state index in [2.05, 4.69) is 31.1 Å². The summed E-state index contributed by atoms with van der Waals surface area (Å²) in [5, 5.41) is 3.76. The minimum Gasteiger partial charge on any atom is -0.307 e. The molecule has 0 aliphatic carbocycles. The molecule has 1 aromatic carbocycles. The van der Waals surface area contributed by atoms with Crippen molar-refractivity contribution in [1.29, 1.82) is 0 Å². The molecule has 1 aliphatic heterocycles. The summed E-state index contributed by atoms with van der Waals surface area (Å²) in [5.74, 6) is 0.500. The van der Waals surface area contributed by atoms with Crippen LogP contribution < -0.4 is 5.32 Å². The van der Waals surface area contributed by atoms with E-state index in [1.807, 2.05) is 12.1 Å². The van der Waals surface area contributed by atoms with Gasteiger partial charge in [-0.15, -0.1) is 0 Å². The third-order valence-electron chi connectivity index (χ3n) is 4.20. The zero-order valence-electron chi connectivity index (χ0n) is 12.2. The molecule has 1 aliphatic rings. The van der Waals surface area contributed by atoms with Crippen LogP contribution in [0.2, 0.25) is 0 Å². The normalized spacial score (nSPS) is 26.3. The second-order valence-corrected chi connectivity index (χ2v) is 5.81. The highest BCUT2D eigenvalue weighted by atomic mass is 19.1. The maximum atomic E-state index is 13.0. The Hall–Kier alpha value is -0.930. The maximum absolute atomic E-state index is 13.0. The van der Waals surface area contributed by atoms with Crippen molar-refractivity contribution >= 4 is 0 Å². The quantitative estimate of drug-likeness (QED) is 0.898. The molecule has 0 bridgehead atoms. The highest BCUT2D eigenvalue weighted by Crippen LogP contribution is 2.23. The minimum atomic E-state index is -0.161. The summed E-state index contributed by atoms with van der Waals surface area (Å²) in [7, 11) is 2.18. The number of rotatable bonds is 4. The van der Waals surface area contributed by atoms with E-state index >= 15 is 0 Å². The van der Waals surface area contributed by atoms with Crippen molar-refractivity contribution in [3.63, 3.8) is 0 Å². The molecular formula is C16H25FN2. The van der Waals surface area contributed by atoms with Crippen LogP contribution in [-0.4, -0.2) is 31.1 Å². The van der Waals surface area contributed by atoms with Gasteiger partial charge in [-0.3, -0.25) is 0 Å². The standard InChI is InChI=1S/C16H25FN2/c1-4-15(13-5-7-14(17)8-6-13)18-16-9-10-19(3)11-12(16)2/h5-8,12,15-16,18H,4,9-11H2,1-3H3. The van der Waals surface area contributed by atoms with Crippen LogP contribution in [0, 0.1) is 11.7 Å². The molecule has 0 amide bonds. The molecular weight excluding hydrogens is 239 g/mol. The number of halogens is 1. The van der Waals surface area contributed by atoms with Crippen LogP contribution in [-0.2, 0) is 0 Å². The van der Waals surface area contributed by atoms with Gasteiger partial charge in [0.25, 0.3) is 0 Å². The first kappa shape index (κ1) is 14.5. The van der Waals surface area contributed by atoms with Crippen LogP contribution in [0.5, 0.6) is 0 Å². The first-order chi connectivity index (χ1) is 9.10. The molecule has 3 atom stereocenters. The largest absolute Gasteiger partial charge is 0.307 e. The lowest BCUT2D eigenvalue weighted by Crippen LogP contribution is -2.47. The molecule has 0 aromatic heterocycles. The van der Waals surface area contributed by atoms with E-state index < -0.39 is 0 Å². The van der Waals surface area contributed by atoms with Crippen molar-refractivity contribution < 1.29 is 4.39 Å². The van der Waals surface area contributed by atoms with E-state index in [1.165, 1.54) is 12.0 Å². The van der Waals surface area contributed by atoms with Crippen molar-refractivity contribution in [2.45, 2.75) is 38.8 Å². The average molecular weight is 264 g/mol. The number of hydrogen-bond acceptors (Lipinski definition) is 2. The van der Waals surface area contributed by atoms with Gasteiger partial charge in [0, 0.05) is 18.6 Å². The first-order valence-corrected chi connectivity index (χ1v) is 7.30. The molecule has 0 spiro atoms. The second kappa shape index (κ2) is 6.49. The van der Waals surface area contributed by atoms with Gasteiger partial charge in [-0.05, 0) is 50.0 Å². The fourth-order valence-electron chi connectivity index (χ4n) is 3.01. The number of hydrogen-bond donors (Lipinski definition) is 1. The molecule has 1 N–H and O–H groups in total. The molecule has 1 saturated heterocycles. The zero-order valence-corrected chi connectivity index (χ0v) is 12.2. The Balaban J connectivity index is 2.01. The fraction of sp³-hybridized carbons (Fsp3) is 0.625. The molecule has 3 unspecified atom stereocenters. The van der Waals surface area contributed by atoms with Gasteiger partial charge in [0.2, 0.25) is 0 Å². The SMILES string of the molecule is CCC(NC1CCN(C)CC1C)c1ccc(F)cc1. The summed E-state index contributed by atoms with van der Waals surface area (Å²) in [6.45, 7) is 6.80. The topological polar surface area (TPSA) is 15.3 Å². The predicted molar refractivity (Wildman–Crippen MR) is 77.6 cm³/mol. The van der Waals surface area contributed by atoms with Crippen LogP contribution >= 0.6 is 0 Å². The van der Waals surface area contributed by atoms with E-state index in [0.29, 0.717) is 18.0 Å². The smallest absolute Gasteiger partial charge is 0.123 e. The van der Waals surface area contributed by atoms with Crippen molar-refractivity contribution in [2.75, 3.05) is 20.1 Å². The van der Waals surface area contributed by atoms with Crippen LogP contribution in [0.25, 0.3) is 0 Å². The summed E-state index contributed by atoms with van der Waals surface area (Å²) < 4.78 is 13.0. The third kappa shape index (κ3) is 3.77. The van der Waals surface area contributed by atoms with Crippen LogP contribution in [0.4, 0.5) is 4.39 Å². The van der Waals surface area contributed by atoms with Crippen molar-refractivity contribution in [3.05, 3.63) is 35.6 Å². The lowest BCUT2D eigenvalue weighted by atomic mass is 9.92. The molecule has 2 rings (SSSR count). The summed E-state index contributed by atoms with van der Waals surface area (Å²) in [6, 6.07) is 7.80. The molecule has 106 valence electrons. The van der Waals surface area contributed by atoms with Gasteiger partial charge in [-0.2, -0.15) is 0 Å². The highest BCUT2D eigenvalue weighted by molar-refractivity contribution is 5.20. The molecule has 19 heavy (non-hydrogen) atoms. The van der Waals surface area contributed by atoms with Gasteiger partial charge >= 0.3 is 0 Å². The number of nitrogens with zero attached hydrogens (tertiary/aromatic N) is 1. The number of nitrogens with one attached hydrogen (secondary N) is 1. The number of likely N-dealkylation sites (tertiary alicyclic amines) is 1. The molecule has 0 saturated carbocycles. The monoisotopic (exact) mass is 264 g/mol. The van der Waals surface area contributed by atoms with Gasteiger partial charge in [0.05, 0.1) is 0 Å². The Morgan fingerprint density at radius 1 is 1.37 bits per heavy atom. The molecule has 1 fully saturated rings. The Labute approximate surface area is 116 Å². The predicted octanol–water partition coefficient (Wildman–Crippen LogP) is 3.21. The first-order valence-electron chi connectivity index (χ1n) is 7.30. The molecule has 1 heterocycles. The number of benzene rings is 1. The average Bonchev–Trinajstić information content (AvgIpc) is 2.39. The van der Waals surface area contributed by atoms with E-state index in [4.69, 9.17) is 0 Å². The Morgan fingerprint density at radius 2 is 2.05 bits per heavy atom. The van der Waals surface area contributed by atoms with E-state index in [0.717, 1.165) is 19.5 Å². The van der Waals surface area contributed by atoms with Crippen molar-refractivity contribution in [3.8, 4) is 0 Å². The number of piperidine rings is 1. The Kier molecular flexibility index (Phi) is 4.94. The highest BCUT2D eigenvalue weighted by Gasteiger charge is 2.26. The summed E-state index contributed by atoms with van der Waals surface area (Å²) in [4.78, 5) is 2.39. The molecule has 1 aromatic rings. The van der Waals surface area contributed by atoms with Gasteiger partial charge < -0.3 is 10.2 Å². The van der Waals surface area contributed by atoms with E-state index in [9.17, 15) is 4.39 Å². The Bertz CT molecular complexity index is 390. The van der Waals surface area contributed by atoms with Gasteiger partial charge in [0.15, 0.2) is 0 Å². The maximum Gasteiger partial charge on any atom is 0.123 e. The van der Waals surface area contributed by atoms with Gasteiger partial charge in [-0.1, -0.05) is 26.0 Å². The van der Waals surface area contributed by atoms with E-state index in [-0.39, 0.29) is 5.82 Å². The summed E-state index contributed by atoms with van der Waals surface area (Å²) in [6.07, 6.45) is 2.22. The van der Waals surface area contributed by atoms with Crippen LogP contribution in [0.1, 0.15) is 38.3 Å². The second-order valence-electron chi connectivity index (χ2n) is 5.81. The van der Waals surface area contributed by atoms with Crippen LogP contribution in [0.15, 0.2) is 24.3 Å². The Morgan fingerprint density at radius 3 is 2.63 bits per heavy atom. The molecule has 2 nitrogen and oxygen atoms in total. The summed E-state index contributed by atoms with van der Waals surface area (Å²) >= 11 is 0. The van der Waals surface area contributed by atoms with Gasteiger partial charge in [0.1, 0.15) is 5.82 Å². The van der Waals surface area contributed by atoms with E-state index in [1.54, 1.807) is 12.1 Å². The summed E-state index contributed by atoms with van der Waals surface area (Å²) in [5.41, 5.74) is 1.19. The lowest BCUT2D eigenvalue weighted by Gasteiger charge is -2.37. The van der Waals surface area contributed by atoms with Crippen molar-refractivity contribution in [2.24, 2.45) is 5.92 Å². The third-order valence-corrected chi connectivity index (χ3v) is 4.20. The fourth-order valence-corrected chi connectivity index (χ4v) is 3.01. The molecule has 0 radical (unpaired) electrons. The molecule has 3 heteroatoms. The van der Waals surface area contributed by atoms with Gasteiger partial charge in [-0.25, -0.2) is 4.39 Å². The zero-order chi connectivity index (χ0) is 13.8.